The second-order valence-electron chi connectivity index (χ2n) is 4.54. The number of aliphatic carboxylic acids is 1. The molecule has 0 aromatic carbocycles. The molecule has 0 saturated heterocycles. The summed E-state index contributed by atoms with van der Waals surface area (Å²) >= 11 is 0. The minimum absolute atomic E-state index is 0. The number of carboxylic acid groups (broad SMARTS) is 1. The van der Waals surface area contributed by atoms with Crippen LogP contribution >= 0.6 is 12.4 Å². The van der Waals surface area contributed by atoms with E-state index in [2.05, 4.69) is 6.92 Å². The average Bonchev–Trinajstić information content (AvgIpc) is 2.04. The van der Waals surface area contributed by atoms with E-state index in [0.717, 1.165) is 31.6 Å². The van der Waals surface area contributed by atoms with Crippen molar-refractivity contribution in [2.24, 2.45) is 17.6 Å². The zero-order valence-corrected chi connectivity index (χ0v) is 9.64. The van der Waals surface area contributed by atoms with Crippen LogP contribution in [0, 0.1) is 11.8 Å². The number of halogens is 1. The van der Waals surface area contributed by atoms with Crippen molar-refractivity contribution in [3.05, 3.63) is 0 Å². The van der Waals surface area contributed by atoms with Crippen molar-refractivity contribution in [1.82, 2.24) is 0 Å². The number of carbonyl (C=O) groups is 1. The predicted molar refractivity (Wildman–Crippen MR) is 58.6 cm³/mol. The van der Waals surface area contributed by atoms with Crippen molar-refractivity contribution in [3.8, 4) is 0 Å². The van der Waals surface area contributed by atoms with Crippen molar-refractivity contribution in [1.29, 1.82) is 0 Å². The first-order valence-corrected chi connectivity index (χ1v) is 4.97. The Morgan fingerprint density at radius 3 is 2.14 bits per heavy atom. The van der Waals surface area contributed by atoms with Crippen LogP contribution in [0.2, 0.25) is 0 Å². The Morgan fingerprint density at radius 2 is 1.79 bits per heavy atom. The molecule has 1 fully saturated rings. The third-order valence-corrected chi connectivity index (χ3v) is 3.32. The zero-order valence-electron chi connectivity index (χ0n) is 8.82. The molecule has 3 nitrogen and oxygen atoms in total. The van der Waals surface area contributed by atoms with Gasteiger partial charge in [-0.25, -0.2) is 0 Å². The first kappa shape index (κ1) is 13.7. The molecule has 1 rings (SSSR count). The summed E-state index contributed by atoms with van der Waals surface area (Å²) in [5.74, 6) is 0.0223. The number of nitrogens with two attached hydrogens (primary N) is 1. The second kappa shape index (κ2) is 4.99. The molecule has 1 aliphatic carbocycles. The smallest absolute Gasteiger partial charge is 0.323 e. The van der Waals surface area contributed by atoms with Gasteiger partial charge in [-0.3, -0.25) is 4.79 Å². The van der Waals surface area contributed by atoms with Gasteiger partial charge in [0.2, 0.25) is 0 Å². The van der Waals surface area contributed by atoms with Gasteiger partial charge in [0.05, 0.1) is 0 Å². The topological polar surface area (TPSA) is 63.3 Å². The van der Waals surface area contributed by atoms with E-state index in [4.69, 9.17) is 10.8 Å². The molecule has 1 saturated carbocycles. The van der Waals surface area contributed by atoms with Gasteiger partial charge in [-0.1, -0.05) is 19.8 Å². The second-order valence-corrected chi connectivity index (χ2v) is 4.54. The summed E-state index contributed by atoms with van der Waals surface area (Å²) in [6, 6.07) is 0. The fourth-order valence-electron chi connectivity index (χ4n) is 2.03. The maximum absolute atomic E-state index is 10.9. The first-order chi connectivity index (χ1) is 5.94. The normalized spacial score (nSPS) is 31.4. The monoisotopic (exact) mass is 221 g/mol. The highest BCUT2D eigenvalue weighted by Gasteiger charge is 2.38. The lowest BCUT2D eigenvalue weighted by atomic mass is 9.73. The van der Waals surface area contributed by atoms with Crippen molar-refractivity contribution >= 4 is 18.4 Å². The average molecular weight is 222 g/mol. The maximum Gasteiger partial charge on any atom is 0.323 e. The van der Waals surface area contributed by atoms with Gasteiger partial charge in [-0.15, -0.1) is 12.4 Å². The summed E-state index contributed by atoms with van der Waals surface area (Å²) in [5.41, 5.74) is 4.75. The minimum Gasteiger partial charge on any atom is -0.480 e. The predicted octanol–water partition coefficient (Wildman–Crippen LogP) is 2.04. The van der Waals surface area contributed by atoms with Crippen molar-refractivity contribution in [3.63, 3.8) is 0 Å². The van der Waals surface area contributed by atoms with E-state index in [0.29, 0.717) is 0 Å². The van der Waals surface area contributed by atoms with E-state index in [1.807, 2.05) is 0 Å². The maximum atomic E-state index is 10.9. The van der Waals surface area contributed by atoms with E-state index in [-0.39, 0.29) is 18.3 Å². The third kappa shape index (κ3) is 2.85. The van der Waals surface area contributed by atoms with Crippen LogP contribution in [0.4, 0.5) is 0 Å². The number of hydrogen-bond acceptors (Lipinski definition) is 2. The molecule has 84 valence electrons. The van der Waals surface area contributed by atoms with E-state index in [9.17, 15) is 4.79 Å². The van der Waals surface area contributed by atoms with Gasteiger partial charge in [0.25, 0.3) is 0 Å². The van der Waals surface area contributed by atoms with Crippen LogP contribution < -0.4 is 5.73 Å². The summed E-state index contributed by atoms with van der Waals surface area (Å²) in [7, 11) is 0. The largest absolute Gasteiger partial charge is 0.480 e. The Balaban J connectivity index is 0.00000169. The molecule has 4 heteroatoms. The Bertz CT molecular complexity index is 198. The first-order valence-electron chi connectivity index (χ1n) is 4.97. The molecule has 0 unspecified atom stereocenters. The van der Waals surface area contributed by atoms with Gasteiger partial charge < -0.3 is 10.8 Å². The SMILES string of the molecule is CC1CCC([C@](C)(N)C(=O)O)CC1.Cl. The fraction of sp³-hybridized carbons (Fsp3) is 0.900. The molecule has 0 aromatic heterocycles. The molecular formula is C10H20ClNO2. The Hall–Kier alpha value is -0.280. The zero-order chi connectivity index (χ0) is 10.1. The lowest BCUT2D eigenvalue weighted by Gasteiger charge is -2.35. The summed E-state index contributed by atoms with van der Waals surface area (Å²) < 4.78 is 0. The Labute approximate surface area is 91.5 Å². The van der Waals surface area contributed by atoms with E-state index < -0.39 is 11.5 Å². The molecule has 0 spiro atoms. The Kier molecular flexibility index (Phi) is 4.89. The molecular weight excluding hydrogens is 202 g/mol. The summed E-state index contributed by atoms with van der Waals surface area (Å²) in [5, 5.41) is 8.93. The lowest BCUT2D eigenvalue weighted by molar-refractivity contribution is -0.145. The van der Waals surface area contributed by atoms with Crippen LogP contribution in [0.25, 0.3) is 0 Å². The molecule has 14 heavy (non-hydrogen) atoms. The van der Waals surface area contributed by atoms with Crippen LogP contribution in [0.5, 0.6) is 0 Å². The van der Waals surface area contributed by atoms with Crippen LogP contribution in [0.3, 0.4) is 0 Å². The Morgan fingerprint density at radius 1 is 1.36 bits per heavy atom. The van der Waals surface area contributed by atoms with Gasteiger partial charge in [-0.2, -0.15) is 0 Å². The van der Waals surface area contributed by atoms with E-state index in [1.54, 1.807) is 6.92 Å². The molecule has 3 N–H and O–H groups in total. The van der Waals surface area contributed by atoms with Crippen LogP contribution in [-0.2, 0) is 4.79 Å². The van der Waals surface area contributed by atoms with E-state index >= 15 is 0 Å². The highest BCUT2D eigenvalue weighted by molar-refractivity contribution is 5.85. The number of carboxylic acids is 1. The molecule has 1 aliphatic rings. The van der Waals surface area contributed by atoms with Crippen molar-refractivity contribution in [2.45, 2.75) is 45.1 Å². The molecule has 0 bridgehead atoms. The summed E-state index contributed by atoms with van der Waals surface area (Å²) in [6.45, 7) is 3.85. The van der Waals surface area contributed by atoms with Crippen LogP contribution in [0.15, 0.2) is 0 Å². The van der Waals surface area contributed by atoms with Crippen LogP contribution in [0.1, 0.15) is 39.5 Å². The highest BCUT2D eigenvalue weighted by atomic mass is 35.5. The molecule has 0 amide bonds. The van der Waals surface area contributed by atoms with Crippen molar-refractivity contribution < 1.29 is 9.90 Å². The number of rotatable bonds is 2. The summed E-state index contributed by atoms with van der Waals surface area (Å²) in [6.07, 6.45) is 4.15. The molecule has 0 aliphatic heterocycles. The van der Waals surface area contributed by atoms with Gasteiger partial charge >= 0.3 is 5.97 Å². The lowest BCUT2D eigenvalue weighted by Crippen LogP contribution is -2.52. The van der Waals surface area contributed by atoms with E-state index in [1.165, 1.54) is 0 Å². The standard InChI is InChI=1S/C10H19NO2.ClH/c1-7-3-5-8(6-4-7)10(2,11)9(12)13;/h7-8H,3-6,11H2,1-2H3,(H,12,13);1H/t7?,8?,10-;/m0./s1. The van der Waals surface area contributed by atoms with Crippen LogP contribution in [-0.4, -0.2) is 16.6 Å². The van der Waals surface area contributed by atoms with Gasteiger partial charge in [0, 0.05) is 0 Å². The van der Waals surface area contributed by atoms with Gasteiger partial charge in [0.1, 0.15) is 5.54 Å². The molecule has 0 heterocycles. The van der Waals surface area contributed by atoms with Gasteiger partial charge in [0.15, 0.2) is 0 Å². The van der Waals surface area contributed by atoms with Crippen molar-refractivity contribution in [2.75, 3.05) is 0 Å². The number of hydrogen-bond donors (Lipinski definition) is 2. The quantitative estimate of drug-likeness (QED) is 0.750. The third-order valence-electron chi connectivity index (χ3n) is 3.32. The minimum atomic E-state index is -1.03. The molecule has 0 radical (unpaired) electrons. The molecule has 0 aromatic rings. The molecule has 1 atom stereocenters. The summed E-state index contributed by atoms with van der Waals surface area (Å²) in [4.78, 5) is 10.9. The highest BCUT2D eigenvalue weighted by Crippen LogP contribution is 2.34. The van der Waals surface area contributed by atoms with Gasteiger partial charge in [-0.05, 0) is 31.6 Å². The fourth-order valence-corrected chi connectivity index (χ4v) is 2.03.